The van der Waals surface area contributed by atoms with E-state index in [1.807, 2.05) is 137 Å². The highest BCUT2D eigenvalue weighted by molar-refractivity contribution is 6.30. The molecule has 424 valence electrons. The van der Waals surface area contributed by atoms with Crippen LogP contribution in [0.25, 0.3) is 0 Å². The van der Waals surface area contributed by atoms with Gasteiger partial charge in [0.1, 0.15) is 12.1 Å². The van der Waals surface area contributed by atoms with E-state index in [0.29, 0.717) is 100 Å². The number of carboxylic acids is 1. The maximum atomic E-state index is 13.9. The van der Waals surface area contributed by atoms with Gasteiger partial charge in [0, 0.05) is 104 Å². The molecule has 0 radical (unpaired) electrons. The number of carboxylic acid groups (broad SMARTS) is 1. The monoisotopic (exact) mass is 1130 g/mol. The summed E-state index contributed by atoms with van der Waals surface area (Å²) in [4.78, 5) is 87.0. The summed E-state index contributed by atoms with van der Waals surface area (Å²) in [5.74, 6) is -0.935. The predicted molar refractivity (Wildman–Crippen MR) is 319 cm³/mol. The number of Topliss-reactive ketones (excluding diaryl/α,β-unsaturated/α-hetero) is 2. The normalized spacial score (nSPS) is 17.9. The Kier molecular flexibility index (Phi) is 20.5. The van der Waals surface area contributed by atoms with E-state index in [-0.39, 0.29) is 41.4 Å². The summed E-state index contributed by atoms with van der Waals surface area (Å²) in [5, 5.41) is 13.4. The van der Waals surface area contributed by atoms with E-state index < -0.39 is 18.1 Å². The van der Waals surface area contributed by atoms with E-state index in [1.165, 1.54) is 16.7 Å². The number of piperazine rings is 2. The van der Waals surface area contributed by atoms with Gasteiger partial charge >= 0.3 is 5.97 Å². The van der Waals surface area contributed by atoms with Crippen molar-refractivity contribution in [2.24, 2.45) is 5.73 Å². The first-order valence-corrected chi connectivity index (χ1v) is 28.3. The molecule has 0 saturated carbocycles. The third-order valence-electron chi connectivity index (χ3n) is 15.6. The minimum atomic E-state index is -0.734. The van der Waals surface area contributed by atoms with Crippen molar-refractivity contribution in [3.8, 4) is 0 Å². The van der Waals surface area contributed by atoms with Crippen molar-refractivity contribution in [3.63, 3.8) is 0 Å². The molecule has 2 saturated heterocycles. The van der Waals surface area contributed by atoms with Crippen LogP contribution in [0.15, 0.2) is 146 Å². The van der Waals surface area contributed by atoms with Crippen LogP contribution in [-0.2, 0) is 58.0 Å². The van der Waals surface area contributed by atoms with Gasteiger partial charge in [-0.2, -0.15) is 0 Å². The predicted octanol–water partition coefficient (Wildman–Crippen LogP) is 7.86. The molecule has 17 heteroatoms. The number of nitrogens with two attached hydrogens (primary N) is 1. The van der Waals surface area contributed by atoms with Crippen molar-refractivity contribution in [3.05, 3.63) is 200 Å². The molecule has 4 aliphatic heterocycles. The molecule has 0 aliphatic carbocycles. The summed E-state index contributed by atoms with van der Waals surface area (Å²) < 4.78 is 0. The quantitative estimate of drug-likeness (QED) is 0.0955. The molecule has 0 bridgehead atoms. The number of amides is 3. The minimum absolute atomic E-state index is 0.0233. The Labute approximate surface area is 485 Å². The van der Waals surface area contributed by atoms with Gasteiger partial charge < -0.3 is 35.8 Å². The standard InChI is InChI=1S/C32H35ClN4O3.C21H24ClN3O2.C11H13NO2/c1-22(38)27-9-5-6-10-29(27)36-15-17-37(18-16-36)32(40)28(19-23-11-13-26(33)14-12-23)34-31(39)30-20-24-7-3-4-8-25(24)21-35(30)2;1-15(26)18-4-2-3-5-20(18)24-10-12-25(13-11-24)21(27)19(23)14-16-6-8-17(22)9-7-16;1-12-7-9-5-3-2-4-8(9)6-10(12)11(13)14/h3-14,28,30H,15-21H2,1-2H3,(H,34,39);2-9,19H,10-14,23H2,1H3;2-5,10H,6-7H2,1H3,(H,13,14)/t28-,30+;19-;10-/m000/s1. The molecule has 6 aromatic carbocycles. The van der Waals surface area contributed by atoms with E-state index in [9.17, 15) is 28.8 Å². The number of halogens is 2. The van der Waals surface area contributed by atoms with E-state index in [0.717, 1.165) is 40.2 Å². The van der Waals surface area contributed by atoms with Crippen LogP contribution < -0.4 is 20.9 Å². The number of nitrogens with one attached hydrogen (secondary N) is 1. The fourth-order valence-corrected chi connectivity index (χ4v) is 11.3. The van der Waals surface area contributed by atoms with E-state index in [2.05, 4.69) is 33.3 Å². The second-order valence-electron chi connectivity index (χ2n) is 21.2. The minimum Gasteiger partial charge on any atom is -0.480 e. The number of hydrogen-bond acceptors (Lipinski definition) is 11. The smallest absolute Gasteiger partial charge is 0.321 e. The number of carbonyl (C=O) groups is 6. The van der Waals surface area contributed by atoms with Crippen LogP contribution in [0.3, 0.4) is 0 Å². The lowest BCUT2D eigenvalue weighted by molar-refractivity contribution is -0.143. The molecular weight excluding hydrogens is 1060 g/mol. The lowest BCUT2D eigenvalue weighted by atomic mass is 9.93. The Morgan fingerprint density at radius 2 is 0.901 bits per heavy atom. The molecule has 4 N–H and O–H groups in total. The zero-order chi connectivity index (χ0) is 57.7. The molecule has 15 nitrogen and oxygen atoms in total. The lowest BCUT2D eigenvalue weighted by Crippen LogP contribution is -2.58. The molecule has 2 fully saturated rings. The number of aliphatic carboxylic acids is 1. The topological polar surface area (TPSA) is 180 Å². The van der Waals surface area contributed by atoms with Gasteiger partial charge in [-0.05, 0) is 129 Å². The van der Waals surface area contributed by atoms with Crippen molar-refractivity contribution in [1.82, 2.24) is 24.9 Å². The van der Waals surface area contributed by atoms with Gasteiger partial charge in [-0.1, -0.05) is 120 Å². The van der Waals surface area contributed by atoms with Crippen LogP contribution in [0.4, 0.5) is 11.4 Å². The van der Waals surface area contributed by atoms with Crippen LogP contribution in [0.5, 0.6) is 0 Å². The van der Waals surface area contributed by atoms with E-state index in [1.54, 1.807) is 38.1 Å². The number of benzene rings is 6. The fraction of sp³-hybridized carbons (Fsp3) is 0.344. The molecule has 0 aromatic heterocycles. The Morgan fingerprint density at radius 1 is 0.519 bits per heavy atom. The fourth-order valence-electron chi connectivity index (χ4n) is 11.0. The number of nitrogens with zero attached hydrogens (tertiary/aromatic N) is 6. The van der Waals surface area contributed by atoms with Gasteiger partial charge in [0.15, 0.2) is 11.6 Å². The zero-order valence-electron chi connectivity index (χ0n) is 46.5. The molecule has 0 spiro atoms. The molecule has 0 unspecified atom stereocenters. The third kappa shape index (κ3) is 15.5. The lowest BCUT2D eigenvalue weighted by Gasteiger charge is -2.39. The number of fused-ring (bicyclic) bond motifs is 2. The van der Waals surface area contributed by atoms with Crippen molar-refractivity contribution in [2.75, 3.05) is 76.3 Å². The Bertz CT molecular complexity index is 3180. The summed E-state index contributed by atoms with van der Waals surface area (Å²) in [6, 6.07) is 44.2. The second-order valence-corrected chi connectivity index (χ2v) is 22.1. The highest BCUT2D eigenvalue weighted by atomic mass is 35.5. The second kappa shape index (κ2) is 27.9. The SMILES string of the molecule is CC(=O)c1ccccc1N1CCN(C(=O)[C@@H](N)Cc2ccc(Cl)cc2)CC1.CC(=O)c1ccccc1N1CCN(C(=O)[C@H](Cc2ccc(Cl)cc2)NC(=O)[C@H]2Cc3ccccc3CN2C)CC1.CN1Cc2ccccc2C[C@H]1C(=O)O. The van der Waals surface area contributed by atoms with Gasteiger partial charge in [0.2, 0.25) is 17.7 Å². The molecule has 4 aliphatic rings. The molecule has 6 aromatic rings. The van der Waals surface area contributed by atoms with Crippen LogP contribution in [-0.4, -0.2) is 151 Å². The van der Waals surface area contributed by atoms with Crippen molar-refractivity contribution in [2.45, 2.75) is 76.8 Å². The van der Waals surface area contributed by atoms with Gasteiger partial charge in [-0.3, -0.25) is 38.6 Å². The van der Waals surface area contributed by atoms with Crippen molar-refractivity contribution < 1.29 is 33.9 Å². The van der Waals surface area contributed by atoms with Gasteiger partial charge in [-0.15, -0.1) is 0 Å². The molecule has 4 atom stereocenters. The van der Waals surface area contributed by atoms with Gasteiger partial charge in [0.25, 0.3) is 0 Å². The number of hydrogen-bond donors (Lipinski definition) is 3. The summed E-state index contributed by atoms with van der Waals surface area (Å²) in [5.41, 5.74) is 16.1. The largest absolute Gasteiger partial charge is 0.480 e. The Hall–Kier alpha value is -7.40. The maximum Gasteiger partial charge on any atom is 0.321 e. The maximum absolute atomic E-state index is 13.9. The third-order valence-corrected chi connectivity index (χ3v) is 16.1. The molecular formula is C64H72Cl2N8O7. The van der Waals surface area contributed by atoms with Gasteiger partial charge in [0.05, 0.1) is 12.1 Å². The van der Waals surface area contributed by atoms with E-state index >= 15 is 0 Å². The highest BCUT2D eigenvalue weighted by Crippen LogP contribution is 2.27. The number of ketones is 2. The highest BCUT2D eigenvalue weighted by Gasteiger charge is 2.35. The van der Waals surface area contributed by atoms with Crippen molar-refractivity contribution >= 4 is 69.8 Å². The number of anilines is 2. The number of rotatable bonds is 13. The summed E-state index contributed by atoms with van der Waals surface area (Å²) in [7, 11) is 3.81. The van der Waals surface area contributed by atoms with E-state index in [4.69, 9.17) is 34.0 Å². The first-order valence-electron chi connectivity index (χ1n) is 27.5. The summed E-state index contributed by atoms with van der Waals surface area (Å²) in [6.45, 7) is 9.37. The number of likely N-dealkylation sites (N-methyl/N-ethyl adjacent to an activating group) is 2. The number of para-hydroxylation sites is 2. The molecule has 10 rings (SSSR count). The first kappa shape index (κ1) is 59.7. The Balaban J connectivity index is 0.000000179. The van der Waals surface area contributed by atoms with Gasteiger partial charge in [-0.25, -0.2) is 0 Å². The Morgan fingerprint density at radius 3 is 1.35 bits per heavy atom. The van der Waals surface area contributed by atoms with Crippen LogP contribution in [0, 0.1) is 0 Å². The van der Waals surface area contributed by atoms with Crippen LogP contribution >= 0.6 is 23.2 Å². The first-order chi connectivity index (χ1) is 38.9. The van der Waals surface area contributed by atoms with Crippen LogP contribution in [0.1, 0.15) is 67.9 Å². The average molecular weight is 1140 g/mol. The molecule has 3 amide bonds. The molecule has 81 heavy (non-hydrogen) atoms. The summed E-state index contributed by atoms with van der Waals surface area (Å²) in [6.07, 6.45) is 2.09. The van der Waals surface area contributed by atoms with Crippen molar-refractivity contribution in [1.29, 1.82) is 0 Å². The zero-order valence-corrected chi connectivity index (χ0v) is 48.0. The molecule has 4 heterocycles. The average Bonchev–Trinajstić information content (AvgIpc) is 3.60. The van der Waals surface area contributed by atoms with Crippen LogP contribution in [0.2, 0.25) is 10.0 Å². The summed E-state index contributed by atoms with van der Waals surface area (Å²) >= 11 is 12.0. The number of carbonyl (C=O) groups excluding carboxylic acids is 5.